The molecule has 2 aromatic rings. The molecule has 0 aliphatic carbocycles. The zero-order valence-electron chi connectivity index (χ0n) is 15.2. The van der Waals surface area contributed by atoms with Gasteiger partial charge >= 0.3 is 0 Å². The van der Waals surface area contributed by atoms with Gasteiger partial charge in [0.15, 0.2) is 5.78 Å². The Balaban J connectivity index is 1.55. The van der Waals surface area contributed by atoms with Crippen LogP contribution in [0.1, 0.15) is 35.7 Å². The fraction of sp³-hybridized carbons (Fsp3) is 0.409. The Morgan fingerprint density at radius 2 is 1.72 bits per heavy atom. The summed E-state index contributed by atoms with van der Waals surface area (Å²) < 4.78 is 0. The monoisotopic (exact) mass is 336 g/mol. The Bertz CT molecular complexity index is 673. The number of Topliss-reactive ketones (excluding diaryl/α,β-unsaturated/α-hetero) is 1. The van der Waals surface area contributed by atoms with E-state index in [1.807, 2.05) is 26.1 Å². The highest BCUT2D eigenvalue weighted by atomic mass is 16.1. The van der Waals surface area contributed by atoms with E-state index >= 15 is 0 Å². The number of carbonyl (C=O) groups excluding carboxylic acids is 1. The summed E-state index contributed by atoms with van der Waals surface area (Å²) in [7, 11) is 1.82. The van der Waals surface area contributed by atoms with Gasteiger partial charge in [0.2, 0.25) is 0 Å². The van der Waals surface area contributed by atoms with Crippen LogP contribution in [0, 0.1) is 5.92 Å². The molecule has 1 fully saturated rings. The maximum atomic E-state index is 12.2. The summed E-state index contributed by atoms with van der Waals surface area (Å²) >= 11 is 0. The first-order valence-corrected chi connectivity index (χ1v) is 9.28. The predicted molar refractivity (Wildman–Crippen MR) is 104 cm³/mol. The largest absolute Gasteiger partial charge is 0.372 e. The fourth-order valence-corrected chi connectivity index (χ4v) is 3.56. The summed E-state index contributed by atoms with van der Waals surface area (Å²) in [5.74, 6) is 0.923. The summed E-state index contributed by atoms with van der Waals surface area (Å²) in [5, 5.41) is 3.01. The van der Waals surface area contributed by atoms with Gasteiger partial charge < -0.3 is 10.2 Å². The van der Waals surface area contributed by atoms with E-state index in [9.17, 15) is 4.79 Å². The van der Waals surface area contributed by atoms with E-state index in [0.29, 0.717) is 0 Å². The number of hydrogen-bond acceptors (Lipinski definition) is 3. The van der Waals surface area contributed by atoms with Gasteiger partial charge in [-0.25, -0.2) is 0 Å². The number of benzene rings is 2. The molecule has 0 radical (unpaired) electrons. The van der Waals surface area contributed by atoms with E-state index in [4.69, 9.17) is 0 Å². The van der Waals surface area contributed by atoms with Gasteiger partial charge in [-0.1, -0.05) is 30.3 Å². The third kappa shape index (κ3) is 4.49. The van der Waals surface area contributed by atoms with Crippen LogP contribution in [0.5, 0.6) is 0 Å². The van der Waals surface area contributed by atoms with Crippen LogP contribution in [0.25, 0.3) is 0 Å². The second-order valence-corrected chi connectivity index (χ2v) is 7.04. The van der Waals surface area contributed by atoms with Crippen LogP contribution < -0.4 is 10.2 Å². The maximum absolute atomic E-state index is 12.2. The van der Waals surface area contributed by atoms with E-state index in [0.717, 1.165) is 24.6 Å². The van der Waals surface area contributed by atoms with Crippen LogP contribution in [0.2, 0.25) is 0 Å². The predicted octanol–water partition coefficient (Wildman–Crippen LogP) is 3.94. The first kappa shape index (κ1) is 17.7. The first-order valence-electron chi connectivity index (χ1n) is 9.28. The van der Waals surface area contributed by atoms with E-state index in [1.165, 1.54) is 30.5 Å². The second-order valence-electron chi connectivity index (χ2n) is 7.04. The van der Waals surface area contributed by atoms with Crippen molar-refractivity contribution in [2.45, 2.75) is 32.2 Å². The highest BCUT2D eigenvalue weighted by Crippen LogP contribution is 2.26. The van der Waals surface area contributed by atoms with Crippen molar-refractivity contribution in [3.63, 3.8) is 0 Å². The molecule has 0 spiro atoms. The van der Waals surface area contributed by atoms with Gasteiger partial charge in [-0.15, -0.1) is 0 Å². The van der Waals surface area contributed by atoms with Crippen LogP contribution >= 0.6 is 0 Å². The lowest BCUT2D eigenvalue weighted by Gasteiger charge is -2.33. The van der Waals surface area contributed by atoms with Crippen LogP contribution in [0.4, 0.5) is 5.69 Å². The Labute approximate surface area is 151 Å². The molecule has 1 atom stereocenters. The van der Waals surface area contributed by atoms with Crippen molar-refractivity contribution in [2.24, 2.45) is 5.92 Å². The topological polar surface area (TPSA) is 32.3 Å². The summed E-state index contributed by atoms with van der Waals surface area (Å²) in [6.45, 7) is 4.09. The second kappa shape index (κ2) is 8.30. The summed E-state index contributed by atoms with van der Waals surface area (Å²) in [6.07, 6.45) is 3.64. The van der Waals surface area contributed by atoms with Gasteiger partial charge in [0, 0.05) is 24.3 Å². The smallest absolute Gasteiger partial charge is 0.179 e. The number of carbonyl (C=O) groups is 1. The normalized spacial score (nSPS) is 16.6. The van der Waals surface area contributed by atoms with Crippen LogP contribution in [0.15, 0.2) is 54.6 Å². The van der Waals surface area contributed by atoms with Gasteiger partial charge in [-0.2, -0.15) is 0 Å². The van der Waals surface area contributed by atoms with Crippen LogP contribution in [-0.2, 0) is 6.42 Å². The number of ketones is 1. The molecule has 3 heteroatoms. The summed E-state index contributed by atoms with van der Waals surface area (Å²) in [5.41, 5.74) is 3.46. The molecule has 2 aromatic carbocycles. The van der Waals surface area contributed by atoms with Crippen molar-refractivity contribution in [1.29, 1.82) is 0 Å². The number of likely N-dealkylation sites (N-methyl/N-ethyl adjacent to an activating group) is 1. The third-order valence-corrected chi connectivity index (χ3v) is 5.32. The molecule has 132 valence electrons. The van der Waals surface area contributed by atoms with Crippen molar-refractivity contribution in [3.05, 3.63) is 65.7 Å². The van der Waals surface area contributed by atoms with Gasteiger partial charge in [-0.05, 0) is 69.0 Å². The van der Waals surface area contributed by atoms with Crippen LogP contribution in [0.3, 0.4) is 0 Å². The highest BCUT2D eigenvalue weighted by Gasteiger charge is 2.20. The molecule has 1 aliphatic rings. The van der Waals surface area contributed by atoms with Crippen molar-refractivity contribution in [3.8, 4) is 0 Å². The fourth-order valence-electron chi connectivity index (χ4n) is 3.56. The molecule has 1 N–H and O–H groups in total. The van der Waals surface area contributed by atoms with E-state index in [2.05, 4.69) is 52.7 Å². The van der Waals surface area contributed by atoms with Gasteiger partial charge in [0.05, 0.1) is 6.04 Å². The Hall–Kier alpha value is -2.13. The molecule has 3 nitrogen and oxygen atoms in total. The van der Waals surface area contributed by atoms with E-state index < -0.39 is 0 Å². The number of rotatable bonds is 6. The van der Waals surface area contributed by atoms with E-state index in [1.54, 1.807) is 0 Å². The highest BCUT2D eigenvalue weighted by molar-refractivity contribution is 6.00. The molecule has 1 saturated heterocycles. The van der Waals surface area contributed by atoms with Crippen molar-refractivity contribution >= 4 is 11.5 Å². The zero-order valence-corrected chi connectivity index (χ0v) is 15.2. The molecular formula is C22H28N2O. The maximum Gasteiger partial charge on any atom is 0.179 e. The van der Waals surface area contributed by atoms with Gasteiger partial charge in [0.25, 0.3) is 0 Å². The zero-order chi connectivity index (χ0) is 17.6. The number of nitrogens with zero attached hydrogens (tertiary/aromatic N) is 1. The Morgan fingerprint density at radius 1 is 1.08 bits per heavy atom. The molecule has 3 rings (SSSR count). The lowest BCUT2D eigenvalue weighted by molar-refractivity contribution is 0.0955. The van der Waals surface area contributed by atoms with Crippen molar-refractivity contribution in [1.82, 2.24) is 5.32 Å². The van der Waals surface area contributed by atoms with Crippen molar-refractivity contribution in [2.75, 3.05) is 25.0 Å². The Morgan fingerprint density at radius 3 is 2.32 bits per heavy atom. The SMILES string of the molecule is CNC(C)C(=O)c1ccc(N2CCC(Cc3ccccc3)CC2)cc1. The molecule has 1 aliphatic heterocycles. The number of nitrogens with one attached hydrogen (secondary N) is 1. The minimum atomic E-state index is -0.139. The molecule has 0 bridgehead atoms. The molecule has 25 heavy (non-hydrogen) atoms. The molecular weight excluding hydrogens is 308 g/mol. The average Bonchev–Trinajstić information content (AvgIpc) is 2.68. The van der Waals surface area contributed by atoms with Gasteiger partial charge in [0.1, 0.15) is 0 Å². The Kier molecular flexibility index (Phi) is 5.87. The number of anilines is 1. The van der Waals surface area contributed by atoms with Crippen LogP contribution in [-0.4, -0.2) is 32.0 Å². The molecule has 0 amide bonds. The lowest BCUT2D eigenvalue weighted by atomic mass is 9.90. The molecule has 1 heterocycles. The quantitative estimate of drug-likeness (QED) is 0.811. The minimum Gasteiger partial charge on any atom is -0.372 e. The van der Waals surface area contributed by atoms with Crippen molar-refractivity contribution < 1.29 is 4.79 Å². The minimum absolute atomic E-state index is 0.139. The average molecular weight is 336 g/mol. The third-order valence-electron chi connectivity index (χ3n) is 5.32. The number of piperidine rings is 1. The molecule has 0 aromatic heterocycles. The standard InChI is InChI=1S/C22H28N2O/c1-17(23-2)22(25)20-8-10-21(11-9-20)24-14-12-19(13-15-24)16-18-6-4-3-5-7-18/h3-11,17,19,23H,12-16H2,1-2H3. The van der Waals surface area contributed by atoms with Gasteiger partial charge in [-0.3, -0.25) is 4.79 Å². The number of hydrogen-bond donors (Lipinski definition) is 1. The summed E-state index contributed by atoms with van der Waals surface area (Å²) in [4.78, 5) is 14.6. The summed E-state index contributed by atoms with van der Waals surface area (Å²) in [6, 6.07) is 18.8. The lowest BCUT2D eigenvalue weighted by Crippen LogP contribution is -2.34. The molecule has 0 saturated carbocycles. The van der Waals surface area contributed by atoms with E-state index in [-0.39, 0.29) is 11.8 Å². The first-order chi connectivity index (χ1) is 12.2. The molecule has 1 unspecified atom stereocenters.